The van der Waals surface area contributed by atoms with Gasteiger partial charge in [-0.2, -0.15) is 0 Å². The van der Waals surface area contributed by atoms with Gasteiger partial charge >= 0.3 is 6.09 Å². The first-order chi connectivity index (χ1) is 5.65. The third-order valence-corrected chi connectivity index (χ3v) is 2.12. The van der Waals surface area contributed by atoms with Crippen molar-refractivity contribution in [3.63, 3.8) is 0 Å². The minimum atomic E-state index is -0.451. The third-order valence-electron chi connectivity index (χ3n) is 2.01. The van der Waals surface area contributed by atoms with E-state index in [2.05, 4.69) is 4.74 Å². The highest BCUT2D eigenvalue weighted by Crippen LogP contribution is 2.16. The highest BCUT2D eigenvalue weighted by atomic mass is 35.5. The molecule has 12 heavy (non-hydrogen) atoms. The number of amides is 1. The van der Waals surface area contributed by atoms with Gasteiger partial charge in [0, 0.05) is 12.5 Å². The van der Waals surface area contributed by atoms with E-state index in [9.17, 15) is 9.90 Å². The Morgan fingerprint density at radius 1 is 1.75 bits per heavy atom. The van der Waals surface area contributed by atoms with Crippen molar-refractivity contribution >= 4 is 17.7 Å². The Bertz CT molecular complexity index is 166. The van der Waals surface area contributed by atoms with Gasteiger partial charge in [0.2, 0.25) is 0 Å². The number of rotatable bonds is 1. The maximum absolute atomic E-state index is 11.0. The zero-order chi connectivity index (χ0) is 9.14. The fourth-order valence-corrected chi connectivity index (χ4v) is 1.33. The molecule has 70 valence electrons. The smallest absolute Gasteiger partial charge is 0.411 e. The van der Waals surface area contributed by atoms with Crippen molar-refractivity contribution in [3.8, 4) is 0 Å². The molecule has 1 rings (SSSR count). The van der Waals surface area contributed by atoms with Crippen molar-refractivity contribution in [1.29, 1.82) is 0 Å². The summed E-state index contributed by atoms with van der Waals surface area (Å²) in [7, 11) is 0. The Morgan fingerprint density at radius 3 is 2.83 bits per heavy atom. The number of nitrogens with zero attached hydrogens (tertiary/aromatic N) is 1. The van der Waals surface area contributed by atoms with Crippen LogP contribution in [0.4, 0.5) is 4.79 Å². The van der Waals surface area contributed by atoms with E-state index in [4.69, 9.17) is 11.6 Å². The molecule has 0 radical (unpaired) electrons. The molecule has 0 saturated carbocycles. The molecular formula is C7H12ClNO3. The first-order valence-corrected chi connectivity index (χ1v) is 4.34. The van der Waals surface area contributed by atoms with Gasteiger partial charge in [-0.25, -0.2) is 4.79 Å². The number of likely N-dealkylation sites (tertiary alicyclic amines) is 1. The standard InChI is InChI=1S/C7H12ClNO3/c1-5-2-9(3-6(5)10)7(11)12-4-8/h5-6,10H,2-4H2,1H3. The fourth-order valence-electron chi connectivity index (χ4n) is 1.24. The Morgan fingerprint density at radius 2 is 2.42 bits per heavy atom. The number of alkyl halides is 1. The van der Waals surface area contributed by atoms with E-state index < -0.39 is 12.2 Å². The molecule has 0 spiro atoms. The fraction of sp³-hybridized carbons (Fsp3) is 0.857. The summed E-state index contributed by atoms with van der Waals surface area (Å²) in [6, 6.07) is -0.139. The van der Waals surface area contributed by atoms with E-state index in [1.54, 1.807) is 0 Å². The van der Waals surface area contributed by atoms with Crippen LogP contribution >= 0.6 is 11.6 Å². The molecule has 1 fully saturated rings. The molecule has 0 aromatic heterocycles. The van der Waals surface area contributed by atoms with Crippen LogP contribution in [0.5, 0.6) is 0 Å². The molecule has 1 N–H and O–H groups in total. The van der Waals surface area contributed by atoms with Gasteiger partial charge < -0.3 is 14.7 Å². The predicted molar refractivity (Wildman–Crippen MR) is 43.9 cm³/mol. The molecule has 0 aliphatic carbocycles. The van der Waals surface area contributed by atoms with Gasteiger partial charge in [0.05, 0.1) is 12.6 Å². The summed E-state index contributed by atoms with van der Waals surface area (Å²) in [5, 5.41) is 9.30. The number of β-amino-alcohol motifs (C(OH)–C–C–N with tert-alkyl or cyclic N) is 1. The Labute approximate surface area is 76.1 Å². The SMILES string of the molecule is CC1CN(C(=O)OCCl)CC1O. The molecule has 1 heterocycles. The van der Waals surface area contributed by atoms with Crippen LogP contribution in [0.3, 0.4) is 0 Å². The third kappa shape index (κ3) is 2.01. The lowest BCUT2D eigenvalue weighted by molar-refractivity contribution is 0.115. The molecule has 5 heteroatoms. The second kappa shape index (κ2) is 3.96. The molecule has 2 atom stereocenters. The zero-order valence-electron chi connectivity index (χ0n) is 6.86. The zero-order valence-corrected chi connectivity index (χ0v) is 7.62. The molecule has 4 nitrogen and oxygen atoms in total. The van der Waals surface area contributed by atoms with Gasteiger partial charge in [-0.1, -0.05) is 18.5 Å². The average Bonchev–Trinajstić information content (AvgIpc) is 2.33. The summed E-state index contributed by atoms with van der Waals surface area (Å²) in [4.78, 5) is 12.5. The van der Waals surface area contributed by atoms with Gasteiger partial charge in [-0.3, -0.25) is 0 Å². The van der Waals surface area contributed by atoms with Crippen LogP contribution in [0, 0.1) is 5.92 Å². The number of ether oxygens (including phenoxy) is 1. The molecule has 0 aromatic carbocycles. The van der Waals surface area contributed by atoms with Crippen molar-refractivity contribution in [3.05, 3.63) is 0 Å². The van der Waals surface area contributed by atoms with Crippen LogP contribution in [0.2, 0.25) is 0 Å². The van der Waals surface area contributed by atoms with Crippen molar-refractivity contribution in [1.82, 2.24) is 4.90 Å². The van der Waals surface area contributed by atoms with E-state index >= 15 is 0 Å². The minimum absolute atomic E-state index is 0.118. The Hall–Kier alpha value is -0.480. The first-order valence-electron chi connectivity index (χ1n) is 3.81. The maximum atomic E-state index is 11.0. The number of halogens is 1. The summed E-state index contributed by atoms with van der Waals surface area (Å²) < 4.78 is 4.56. The van der Waals surface area contributed by atoms with Crippen molar-refractivity contribution in [2.24, 2.45) is 5.92 Å². The van der Waals surface area contributed by atoms with Crippen LogP contribution in [-0.4, -0.2) is 41.4 Å². The molecular weight excluding hydrogens is 182 g/mol. The van der Waals surface area contributed by atoms with Crippen LogP contribution in [0.25, 0.3) is 0 Å². The Kier molecular flexibility index (Phi) is 3.17. The lowest BCUT2D eigenvalue weighted by Crippen LogP contribution is -2.29. The van der Waals surface area contributed by atoms with Crippen molar-refractivity contribution in [2.45, 2.75) is 13.0 Å². The van der Waals surface area contributed by atoms with Gasteiger partial charge in [0.25, 0.3) is 0 Å². The van der Waals surface area contributed by atoms with Gasteiger partial charge in [-0.15, -0.1) is 0 Å². The van der Waals surface area contributed by atoms with E-state index in [-0.39, 0.29) is 12.0 Å². The molecule has 1 amide bonds. The summed E-state index contributed by atoms with van der Waals surface area (Å²) in [5.74, 6) is 0.118. The van der Waals surface area contributed by atoms with Crippen LogP contribution in [0.1, 0.15) is 6.92 Å². The van der Waals surface area contributed by atoms with E-state index in [0.29, 0.717) is 13.1 Å². The second-order valence-corrected chi connectivity index (χ2v) is 3.19. The molecule has 1 aliphatic heterocycles. The van der Waals surface area contributed by atoms with E-state index in [1.807, 2.05) is 6.92 Å². The number of aliphatic hydroxyl groups is 1. The second-order valence-electron chi connectivity index (χ2n) is 2.97. The minimum Gasteiger partial charge on any atom is -0.433 e. The number of aliphatic hydroxyl groups excluding tert-OH is 1. The summed E-state index contributed by atoms with van der Waals surface area (Å²) >= 11 is 5.22. The predicted octanol–water partition coefficient (Wildman–Crippen LogP) is 0.632. The van der Waals surface area contributed by atoms with Crippen LogP contribution < -0.4 is 0 Å². The number of hydrogen-bond acceptors (Lipinski definition) is 3. The van der Waals surface area contributed by atoms with E-state index in [1.165, 1.54) is 4.90 Å². The maximum Gasteiger partial charge on any atom is 0.411 e. The Balaban J connectivity index is 2.40. The van der Waals surface area contributed by atoms with Crippen molar-refractivity contribution < 1.29 is 14.6 Å². The number of carbonyl (C=O) groups is 1. The molecule has 1 saturated heterocycles. The van der Waals surface area contributed by atoms with Crippen LogP contribution in [-0.2, 0) is 4.74 Å². The largest absolute Gasteiger partial charge is 0.433 e. The lowest BCUT2D eigenvalue weighted by Gasteiger charge is -2.13. The molecule has 2 unspecified atom stereocenters. The van der Waals surface area contributed by atoms with Gasteiger partial charge in [0.1, 0.15) is 0 Å². The van der Waals surface area contributed by atoms with Crippen molar-refractivity contribution in [2.75, 3.05) is 19.2 Å². The highest BCUT2D eigenvalue weighted by Gasteiger charge is 2.31. The van der Waals surface area contributed by atoms with Gasteiger partial charge in [-0.05, 0) is 0 Å². The molecule has 1 aliphatic rings. The lowest BCUT2D eigenvalue weighted by atomic mass is 10.1. The summed E-state index contributed by atoms with van der Waals surface area (Å²) in [5.41, 5.74) is 0. The molecule has 0 aromatic rings. The topological polar surface area (TPSA) is 49.8 Å². The molecule has 0 bridgehead atoms. The quantitative estimate of drug-likeness (QED) is 0.622. The average molecular weight is 194 g/mol. The summed E-state index contributed by atoms with van der Waals surface area (Å²) in [6.07, 6.45) is -0.888. The van der Waals surface area contributed by atoms with Gasteiger partial charge in [0.15, 0.2) is 6.07 Å². The van der Waals surface area contributed by atoms with E-state index in [0.717, 1.165) is 0 Å². The number of hydrogen-bond donors (Lipinski definition) is 1. The first kappa shape index (κ1) is 9.61. The summed E-state index contributed by atoms with van der Waals surface area (Å²) in [6.45, 7) is 2.77. The van der Waals surface area contributed by atoms with Crippen LogP contribution in [0.15, 0.2) is 0 Å². The number of carbonyl (C=O) groups excluding carboxylic acids is 1. The highest BCUT2D eigenvalue weighted by molar-refractivity contribution is 6.17. The monoisotopic (exact) mass is 193 g/mol. The normalized spacial score (nSPS) is 29.1.